The Morgan fingerprint density at radius 3 is 2.47 bits per heavy atom. The molecule has 2 aliphatic rings. The highest BCUT2D eigenvalue weighted by Gasteiger charge is 2.39. The van der Waals surface area contributed by atoms with Crippen molar-refractivity contribution in [2.24, 2.45) is 11.8 Å². The molecule has 2 aliphatic heterocycles. The third kappa shape index (κ3) is 5.15. The summed E-state index contributed by atoms with van der Waals surface area (Å²) in [6, 6.07) is 11.7. The van der Waals surface area contributed by atoms with Gasteiger partial charge in [-0.25, -0.2) is 9.78 Å². The zero-order valence-corrected chi connectivity index (χ0v) is 19.0. The first-order chi connectivity index (χ1) is 15.4. The number of nitrogens with one attached hydrogen (secondary N) is 1. The molecule has 0 radical (unpaired) electrons. The predicted octanol–water partition coefficient (Wildman–Crippen LogP) is 3.77. The fourth-order valence-electron chi connectivity index (χ4n) is 4.82. The summed E-state index contributed by atoms with van der Waals surface area (Å²) >= 11 is 6.04. The van der Waals surface area contributed by atoms with Crippen LogP contribution < -0.4 is 10.2 Å². The number of likely N-dealkylation sites (tertiary alicyclic amines) is 1. The maximum Gasteiger partial charge on any atom is 0.404 e. The number of carbonyl (C=O) groups excluding carboxylic acids is 1. The van der Waals surface area contributed by atoms with Crippen molar-refractivity contribution < 1.29 is 14.7 Å². The molecule has 2 aromatic rings. The summed E-state index contributed by atoms with van der Waals surface area (Å²) in [5.74, 6) is 1.25. The lowest BCUT2D eigenvalue weighted by Crippen LogP contribution is -2.42. The van der Waals surface area contributed by atoms with E-state index in [4.69, 9.17) is 16.7 Å². The number of hydrogen-bond acceptors (Lipinski definition) is 4. The second-order valence-corrected chi connectivity index (χ2v) is 9.24. The summed E-state index contributed by atoms with van der Waals surface area (Å²) in [5, 5.41) is 12.2. The number of piperidine rings is 1. The molecule has 0 aliphatic carbocycles. The number of aryl methyl sites for hydroxylation is 1. The van der Waals surface area contributed by atoms with Crippen molar-refractivity contribution in [3.05, 3.63) is 58.7 Å². The van der Waals surface area contributed by atoms with E-state index in [1.807, 2.05) is 48.4 Å². The SMILES string of the molecule is Cc1ccc(N2CCC(C(=O)N3C[C@H](CNC(=O)O)[C@H](c4ccc(Cl)cc4)C3)CC2)nc1. The van der Waals surface area contributed by atoms with Gasteiger partial charge >= 0.3 is 6.09 Å². The van der Waals surface area contributed by atoms with E-state index in [-0.39, 0.29) is 23.7 Å². The summed E-state index contributed by atoms with van der Waals surface area (Å²) in [5.41, 5.74) is 2.22. The third-order valence-electron chi connectivity index (χ3n) is 6.63. The van der Waals surface area contributed by atoms with Crippen LogP contribution in [0.5, 0.6) is 0 Å². The van der Waals surface area contributed by atoms with E-state index in [2.05, 4.69) is 21.3 Å². The molecule has 2 amide bonds. The fraction of sp³-hybridized carbons (Fsp3) is 0.458. The molecule has 170 valence electrons. The van der Waals surface area contributed by atoms with Gasteiger partial charge in [-0.05, 0) is 49.1 Å². The fourth-order valence-corrected chi connectivity index (χ4v) is 4.95. The normalized spacial score (nSPS) is 21.6. The molecule has 1 aromatic carbocycles. The zero-order chi connectivity index (χ0) is 22.7. The maximum absolute atomic E-state index is 13.3. The lowest BCUT2D eigenvalue weighted by molar-refractivity contribution is -0.135. The smallest absolute Gasteiger partial charge is 0.404 e. The summed E-state index contributed by atoms with van der Waals surface area (Å²) in [6.07, 6.45) is 2.43. The summed E-state index contributed by atoms with van der Waals surface area (Å²) in [6.45, 7) is 5.13. The summed E-state index contributed by atoms with van der Waals surface area (Å²) in [4.78, 5) is 33.1. The molecule has 32 heavy (non-hydrogen) atoms. The van der Waals surface area contributed by atoms with Gasteiger partial charge in [0.25, 0.3) is 0 Å². The average Bonchev–Trinajstić information content (AvgIpc) is 3.22. The van der Waals surface area contributed by atoms with Gasteiger partial charge < -0.3 is 20.2 Å². The predicted molar refractivity (Wildman–Crippen MR) is 124 cm³/mol. The van der Waals surface area contributed by atoms with Crippen LogP contribution in [0, 0.1) is 18.8 Å². The molecule has 2 N–H and O–H groups in total. The Balaban J connectivity index is 1.40. The number of carboxylic acid groups (broad SMARTS) is 1. The second-order valence-electron chi connectivity index (χ2n) is 8.80. The van der Waals surface area contributed by atoms with Crippen LogP contribution in [0.25, 0.3) is 0 Å². The van der Waals surface area contributed by atoms with Crippen molar-refractivity contribution in [1.29, 1.82) is 0 Å². The molecular weight excluding hydrogens is 428 g/mol. The van der Waals surface area contributed by atoms with Gasteiger partial charge in [0.2, 0.25) is 5.91 Å². The topological polar surface area (TPSA) is 85.8 Å². The molecule has 7 nitrogen and oxygen atoms in total. The second kappa shape index (κ2) is 9.77. The molecule has 2 fully saturated rings. The molecule has 0 unspecified atom stereocenters. The van der Waals surface area contributed by atoms with Crippen LogP contribution in [0.3, 0.4) is 0 Å². The number of benzene rings is 1. The van der Waals surface area contributed by atoms with Crippen molar-refractivity contribution in [2.45, 2.75) is 25.7 Å². The lowest BCUT2D eigenvalue weighted by atomic mass is 9.89. The van der Waals surface area contributed by atoms with E-state index >= 15 is 0 Å². The van der Waals surface area contributed by atoms with Crippen LogP contribution in [0.15, 0.2) is 42.6 Å². The standard InChI is InChI=1S/C24H29ClN4O3/c1-16-2-7-22(26-12-16)28-10-8-18(9-11-28)23(30)29-14-19(13-27-24(31)32)21(15-29)17-3-5-20(25)6-4-17/h2-7,12,18-19,21,27H,8-11,13-15H2,1H3,(H,31,32)/t19-,21-/m0/s1. The number of halogens is 1. The van der Waals surface area contributed by atoms with Crippen LogP contribution in [0.1, 0.15) is 29.9 Å². The van der Waals surface area contributed by atoms with Gasteiger partial charge in [0.1, 0.15) is 5.82 Å². The highest BCUT2D eigenvalue weighted by molar-refractivity contribution is 6.30. The van der Waals surface area contributed by atoms with Gasteiger partial charge in [0.15, 0.2) is 0 Å². The van der Waals surface area contributed by atoms with Gasteiger partial charge in [-0.3, -0.25) is 4.79 Å². The molecule has 4 rings (SSSR count). The van der Waals surface area contributed by atoms with Crippen molar-refractivity contribution in [3.8, 4) is 0 Å². The zero-order valence-electron chi connectivity index (χ0n) is 18.2. The van der Waals surface area contributed by atoms with Crippen LogP contribution in [-0.4, -0.2) is 59.7 Å². The molecule has 0 saturated carbocycles. The van der Waals surface area contributed by atoms with E-state index in [0.29, 0.717) is 24.7 Å². The monoisotopic (exact) mass is 456 g/mol. The number of anilines is 1. The molecule has 3 heterocycles. The Kier molecular flexibility index (Phi) is 6.84. The molecule has 0 bridgehead atoms. The van der Waals surface area contributed by atoms with E-state index < -0.39 is 6.09 Å². The first-order valence-corrected chi connectivity index (χ1v) is 11.5. The Hall–Kier alpha value is -2.80. The minimum atomic E-state index is -1.04. The molecule has 2 saturated heterocycles. The van der Waals surface area contributed by atoms with Crippen molar-refractivity contribution in [2.75, 3.05) is 37.6 Å². The largest absolute Gasteiger partial charge is 0.465 e. The quantitative estimate of drug-likeness (QED) is 0.715. The molecule has 1 aromatic heterocycles. The Bertz CT molecular complexity index is 943. The number of nitrogens with zero attached hydrogens (tertiary/aromatic N) is 3. The number of carbonyl (C=O) groups is 2. The van der Waals surface area contributed by atoms with E-state index in [1.165, 1.54) is 0 Å². The summed E-state index contributed by atoms with van der Waals surface area (Å²) in [7, 11) is 0. The molecule has 0 spiro atoms. The van der Waals surface area contributed by atoms with E-state index in [0.717, 1.165) is 42.9 Å². The van der Waals surface area contributed by atoms with E-state index in [1.54, 1.807) is 0 Å². The summed E-state index contributed by atoms with van der Waals surface area (Å²) < 4.78 is 0. The van der Waals surface area contributed by atoms with Crippen molar-refractivity contribution in [1.82, 2.24) is 15.2 Å². The Labute approximate surface area is 193 Å². The third-order valence-corrected chi connectivity index (χ3v) is 6.88. The number of pyridine rings is 1. The first-order valence-electron chi connectivity index (χ1n) is 11.1. The van der Waals surface area contributed by atoms with Gasteiger partial charge in [0, 0.05) is 61.7 Å². The minimum Gasteiger partial charge on any atom is -0.465 e. The van der Waals surface area contributed by atoms with Gasteiger partial charge in [-0.1, -0.05) is 29.8 Å². The van der Waals surface area contributed by atoms with Crippen molar-refractivity contribution in [3.63, 3.8) is 0 Å². The molecule has 8 heteroatoms. The Morgan fingerprint density at radius 2 is 1.84 bits per heavy atom. The molecule has 2 atom stereocenters. The number of hydrogen-bond donors (Lipinski definition) is 2. The molecular formula is C24H29ClN4O3. The van der Waals surface area contributed by atoms with Gasteiger partial charge in [0.05, 0.1) is 0 Å². The van der Waals surface area contributed by atoms with Crippen LogP contribution in [0.4, 0.5) is 10.6 Å². The minimum absolute atomic E-state index is 0.00579. The first kappa shape index (κ1) is 22.4. The van der Waals surface area contributed by atoms with Crippen molar-refractivity contribution >= 4 is 29.4 Å². The van der Waals surface area contributed by atoms with Gasteiger partial charge in [-0.15, -0.1) is 0 Å². The Morgan fingerprint density at radius 1 is 1.12 bits per heavy atom. The maximum atomic E-state index is 13.3. The lowest BCUT2D eigenvalue weighted by Gasteiger charge is -2.34. The van der Waals surface area contributed by atoms with Crippen LogP contribution in [-0.2, 0) is 4.79 Å². The number of aromatic nitrogens is 1. The van der Waals surface area contributed by atoms with Gasteiger partial charge in [-0.2, -0.15) is 0 Å². The van der Waals surface area contributed by atoms with E-state index in [9.17, 15) is 9.59 Å². The van der Waals surface area contributed by atoms with Crippen LogP contribution in [0.2, 0.25) is 5.02 Å². The van der Waals surface area contributed by atoms with Crippen LogP contribution >= 0.6 is 11.6 Å². The number of amides is 2. The highest BCUT2D eigenvalue weighted by Crippen LogP contribution is 2.35. The average molecular weight is 457 g/mol. The number of rotatable bonds is 5. The highest BCUT2D eigenvalue weighted by atomic mass is 35.5.